The standard InChI is InChI=1S/C13H8Br4OS/c14-7-3-6-1-2-18-12(6)8(4-7)11(16)10-5-9(15)13(17)19-10/h3-5,11H,1-2H2. The Bertz CT molecular complexity index is 618. The lowest BCUT2D eigenvalue weighted by molar-refractivity contribution is 0.354. The summed E-state index contributed by atoms with van der Waals surface area (Å²) in [6.45, 7) is 0.774. The minimum atomic E-state index is 0.143. The van der Waals surface area contributed by atoms with E-state index in [1.807, 2.05) is 0 Å². The summed E-state index contributed by atoms with van der Waals surface area (Å²) in [5.41, 5.74) is 2.46. The number of thiophene rings is 1. The third-order valence-electron chi connectivity index (χ3n) is 2.96. The Morgan fingerprint density at radius 1 is 1.16 bits per heavy atom. The Labute approximate surface area is 149 Å². The zero-order valence-corrected chi connectivity index (χ0v) is 16.7. The number of alkyl halides is 1. The summed E-state index contributed by atoms with van der Waals surface area (Å²) >= 11 is 16.2. The van der Waals surface area contributed by atoms with Crippen molar-refractivity contribution < 1.29 is 4.74 Å². The first kappa shape index (κ1) is 14.6. The molecule has 1 aromatic heterocycles. The number of hydrogen-bond donors (Lipinski definition) is 0. The third kappa shape index (κ3) is 2.84. The van der Waals surface area contributed by atoms with E-state index in [4.69, 9.17) is 4.74 Å². The van der Waals surface area contributed by atoms with Gasteiger partial charge in [0.1, 0.15) is 5.75 Å². The second kappa shape index (κ2) is 5.79. The van der Waals surface area contributed by atoms with Gasteiger partial charge in [0.15, 0.2) is 0 Å². The predicted molar refractivity (Wildman–Crippen MR) is 93.8 cm³/mol. The van der Waals surface area contributed by atoms with Crippen molar-refractivity contribution in [2.45, 2.75) is 11.2 Å². The van der Waals surface area contributed by atoms with E-state index in [1.165, 1.54) is 16.0 Å². The maximum absolute atomic E-state index is 5.79. The lowest BCUT2D eigenvalue weighted by Crippen LogP contribution is -1.95. The fraction of sp³-hybridized carbons (Fsp3) is 0.231. The average molecular weight is 532 g/mol. The highest BCUT2D eigenvalue weighted by Crippen LogP contribution is 2.46. The van der Waals surface area contributed by atoms with E-state index in [2.05, 4.69) is 81.9 Å². The fourth-order valence-corrected chi connectivity index (χ4v) is 5.49. The van der Waals surface area contributed by atoms with E-state index in [9.17, 15) is 0 Å². The van der Waals surface area contributed by atoms with Crippen LogP contribution in [0.25, 0.3) is 0 Å². The van der Waals surface area contributed by atoms with E-state index in [0.29, 0.717) is 0 Å². The Balaban J connectivity index is 2.07. The Hall–Kier alpha value is 0.640. The molecular formula is C13H8Br4OS. The lowest BCUT2D eigenvalue weighted by atomic mass is 10.0. The molecule has 0 spiro atoms. The van der Waals surface area contributed by atoms with Crippen molar-refractivity contribution in [3.63, 3.8) is 0 Å². The largest absolute Gasteiger partial charge is 0.493 e. The van der Waals surface area contributed by atoms with Gasteiger partial charge in [-0.3, -0.25) is 0 Å². The van der Waals surface area contributed by atoms with Gasteiger partial charge in [0.2, 0.25) is 0 Å². The minimum absolute atomic E-state index is 0.143. The number of hydrogen-bond acceptors (Lipinski definition) is 2. The molecule has 1 unspecified atom stereocenters. The number of ether oxygens (including phenoxy) is 1. The smallest absolute Gasteiger partial charge is 0.127 e. The van der Waals surface area contributed by atoms with E-state index in [-0.39, 0.29) is 4.83 Å². The van der Waals surface area contributed by atoms with Crippen LogP contribution in [0.4, 0.5) is 0 Å². The zero-order chi connectivity index (χ0) is 13.6. The molecule has 2 heterocycles. The molecule has 3 rings (SSSR count). The Morgan fingerprint density at radius 3 is 2.63 bits per heavy atom. The molecule has 0 aliphatic carbocycles. The molecule has 0 saturated carbocycles. The van der Waals surface area contributed by atoms with Gasteiger partial charge in [0, 0.05) is 25.8 Å². The molecule has 0 amide bonds. The molecule has 0 N–H and O–H groups in total. The fourth-order valence-electron chi connectivity index (χ4n) is 2.13. The van der Waals surface area contributed by atoms with Crippen LogP contribution < -0.4 is 4.74 Å². The molecule has 0 fully saturated rings. The van der Waals surface area contributed by atoms with Gasteiger partial charge in [0.05, 0.1) is 15.2 Å². The van der Waals surface area contributed by atoms with Crippen molar-refractivity contribution >= 4 is 75.1 Å². The molecular weight excluding hydrogens is 524 g/mol. The van der Waals surface area contributed by atoms with Crippen LogP contribution in [0.15, 0.2) is 30.9 Å². The topological polar surface area (TPSA) is 9.23 Å². The summed E-state index contributed by atoms with van der Waals surface area (Å²) in [5.74, 6) is 1.03. The summed E-state index contributed by atoms with van der Waals surface area (Å²) in [6.07, 6.45) is 0.985. The minimum Gasteiger partial charge on any atom is -0.493 e. The zero-order valence-electron chi connectivity index (χ0n) is 9.55. The first-order valence-electron chi connectivity index (χ1n) is 5.60. The number of halogens is 4. The van der Waals surface area contributed by atoms with Gasteiger partial charge < -0.3 is 4.74 Å². The highest BCUT2D eigenvalue weighted by Gasteiger charge is 2.24. The SMILES string of the molecule is Brc1cc2c(c(C(Br)c3cc(Br)c(Br)s3)c1)OCC2. The van der Waals surface area contributed by atoms with Crippen LogP contribution in [0.3, 0.4) is 0 Å². The molecule has 0 saturated heterocycles. The molecule has 1 nitrogen and oxygen atoms in total. The number of fused-ring (bicyclic) bond motifs is 1. The van der Waals surface area contributed by atoms with Gasteiger partial charge in [-0.1, -0.05) is 31.9 Å². The van der Waals surface area contributed by atoms with Crippen LogP contribution in [0.5, 0.6) is 5.75 Å². The predicted octanol–water partition coefficient (Wildman–Crippen LogP) is 6.45. The van der Waals surface area contributed by atoms with Crippen molar-refractivity contribution in [2.24, 2.45) is 0 Å². The number of rotatable bonds is 2. The van der Waals surface area contributed by atoms with Crippen LogP contribution in [-0.4, -0.2) is 6.61 Å². The van der Waals surface area contributed by atoms with Gasteiger partial charge >= 0.3 is 0 Å². The molecule has 1 aromatic carbocycles. The summed E-state index contributed by atoms with van der Waals surface area (Å²) in [6, 6.07) is 6.41. The maximum Gasteiger partial charge on any atom is 0.127 e. The monoisotopic (exact) mass is 528 g/mol. The molecule has 100 valence electrons. The highest BCUT2D eigenvalue weighted by molar-refractivity contribution is 9.13. The first-order chi connectivity index (χ1) is 9.06. The highest BCUT2D eigenvalue weighted by atomic mass is 79.9. The Kier molecular flexibility index (Phi) is 4.44. The molecule has 1 atom stereocenters. The van der Waals surface area contributed by atoms with Crippen molar-refractivity contribution in [2.75, 3.05) is 6.61 Å². The van der Waals surface area contributed by atoms with Crippen molar-refractivity contribution in [3.05, 3.63) is 46.9 Å². The summed E-state index contributed by atoms with van der Waals surface area (Å²) < 4.78 is 9.10. The van der Waals surface area contributed by atoms with Gasteiger partial charge in [-0.2, -0.15) is 0 Å². The quantitative estimate of drug-likeness (QED) is 0.405. The van der Waals surface area contributed by atoms with Crippen LogP contribution in [-0.2, 0) is 6.42 Å². The summed E-state index contributed by atoms with van der Waals surface area (Å²) in [7, 11) is 0. The summed E-state index contributed by atoms with van der Waals surface area (Å²) in [4.78, 5) is 1.39. The van der Waals surface area contributed by atoms with Crippen LogP contribution in [0.2, 0.25) is 0 Å². The van der Waals surface area contributed by atoms with Gasteiger partial charge in [-0.25, -0.2) is 0 Å². The first-order valence-corrected chi connectivity index (χ1v) is 9.71. The molecule has 1 aliphatic heterocycles. The van der Waals surface area contributed by atoms with E-state index >= 15 is 0 Å². The van der Waals surface area contributed by atoms with Crippen LogP contribution in [0, 0.1) is 0 Å². The third-order valence-corrected chi connectivity index (χ3v) is 8.03. The van der Waals surface area contributed by atoms with Crippen molar-refractivity contribution in [1.29, 1.82) is 0 Å². The molecule has 6 heteroatoms. The number of benzene rings is 1. The Morgan fingerprint density at radius 2 is 1.95 bits per heavy atom. The molecule has 0 radical (unpaired) electrons. The van der Waals surface area contributed by atoms with Crippen molar-refractivity contribution in [1.82, 2.24) is 0 Å². The van der Waals surface area contributed by atoms with Crippen LogP contribution in [0.1, 0.15) is 20.8 Å². The molecule has 1 aliphatic rings. The average Bonchev–Trinajstić information content (AvgIpc) is 2.95. The van der Waals surface area contributed by atoms with E-state index in [1.54, 1.807) is 11.3 Å². The normalized spacial score (nSPS) is 15.2. The van der Waals surface area contributed by atoms with Crippen molar-refractivity contribution in [3.8, 4) is 5.75 Å². The van der Waals surface area contributed by atoms with E-state index < -0.39 is 0 Å². The second-order valence-corrected chi connectivity index (χ2v) is 9.30. The molecule has 0 bridgehead atoms. The second-order valence-electron chi connectivity index (χ2n) is 4.21. The van der Waals surface area contributed by atoms with Gasteiger partial charge in [-0.05, 0) is 55.6 Å². The molecule has 19 heavy (non-hydrogen) atoms. The summed E-state index contributed by atoms with van der Waals surface area (Å²) in [5, 5.41) is 0. The van der Waals surface area contributed by atoms with E-state index in [0.717, 1.165) is 31.5 Å². The van der Waals surface area contributed by atoms with Crippen LogP contribution >= 0.6 is 75.1 Å². The lowest BCUT2D eigenvalue weighted by Gasteiger charge is -2.13. The van der Waals surface area contributed by atoms with Gasteiger partial charge in [-0.15, -0.1) is 11.3 Å². The molecule has 2 aromatic rings. The maximum atomic E-state index is 5.79. The van der Waals surface area contributed by atoms with Gasteiger partial charge in [0.25, 0.3) is 0 Å².